The molecule has 0 bridgehead atoms. The Morgan fingerprint density at radius 3 is 3.18 bits per heavy atom. The number of fused-ring (bicyclic) bond motifs is 1. The minimum Gasteiger partial charge on any atom is -0.297 e. The van der Waals surface area contributed by atoms with Gasteiger partial charge in [-0.05, 0) is 0 Å². The van der Waals surface area contributed by atoms with Crippen LogP contribution in [-0.2, 0) is 0 Å². The van der Waals surface area contributed by atoms with Gasteiger partial charge in [-0.3, -0.25) is 9.20 Å². The predicted molar refractivity (Wildman–Crippen MR) is 43.1 cm³/mol. The largest absolute Gasteiger partial charge is 0.297 e. The number of rotatable bonds is 1. The van der Waals surface area contributed by atoms with Crippen molar-refractivity contribution >= 4 is 22.1 Å². The lowest BCUT2D eigenvalue weighted by atomic mass is 10.4. The van der Waals surface area contributed by atoms with Crippen LogP contribution in [0.1, 0.15) is 16.6 Å². The van der Waals surface area contributed by atoms with Crippen molar-refractivity contribution in [3.63, 3.8) is 0 Å². The summed E-state index contributed by atoms with van der Waals surface area (Å²) in [5.74, 6) is 0.0977. The fourth-order valence-electron chi connectivity index (χ4n) is 0.890. The molecule has 0 radical (unpaired) electrons. The van der Waals surface area contributed by atoms with Crippen LogP contribution in [0.25, 0.3) is 4.96 Å². The Hall–Kier alpha value is -1.16. The van der Waals surface area contributed by atoms with E-state index in [4.69, 9.17) is 0 Å². The number of hydrogen-bond acceptors (Lipinski definition) is 3. The lowest BCUT2D eigenvalue weighted by molar-refractivity contribution is 0.102. The second-order valence-electron chi connectivity index (χ2n) is 2.27. The van der Waals surface area contributed by atoms with Crippen LogP contribution >= 0.6 is 11.3 Å². The smallest absolute Gasteiger partial charge is 0.194 e. The summed E-state index contributed by atoms with van der Waals surface area (Å²) in [5.41, 5.74) is 0. The molecule has 0 amide bonds. The highest BCUT2D eigenvalue weighted by Crippen LogP contribution is 2.15. The number of aromatic nitrogens is 2. The van der Waals surface area contributed by atoms with E-state index in [0.717, 1.165) is 9.84 Å². The number of imidazole rings is 1. The molecule has 0 unspecified atom stereocenters. The topological polar surface area (TPSA) is 34.4 Å². The summed E-state index contributed by atoms with van der Waals surface area (Å²) in [5, 5.41) is 0. The summed E-state index contributed by atoms with van der Waals surface area (Å²) in [6, 6.07) is 0. The minimum absolute atomic E-state index is 0.0977. The molecular formula is C7H6N2OS. The number of hydrogen-bond donors (Lipinski definition) is 0. The number of carbonyl (C=O) groups excluding carboxylic acids is 1. The summed E-state index contributed by atoms with van der Waals surface area (Å²) < 4.78 is 1.85. The lowest BCUT2D eigenvalue weighted by Crippen LogP contribution is -1.85. The third-order valence-electron chi connectivity index (χ3n) is 1.44. The van der Waals surface area contributed by atoms with E-state index in [-0.39, 0.29) is 5.78 Å². The zero-order valence-electron chi connectivity index (χ0n) is 5.94. The number of carbonyl (C=O) groups is 1. The van der Waals surface area contributed by atoms with Gasteiger partial charge >= 0.3 is 0 Å². The summed E-state index contributed by atoms with van der Waals surface area (Å²) in [4.78, 5) is 16.6. The molecule has 2 heterocycles. The highest BCUT2D eigenvalue weighted by molar-refractivity contribution is 7.18. The zero-order valence-corrected chi connectivity index (χ0v) is 6.76. The second kappa shape index (κ2) is 2.17. The normalized spacial score (nSPS) is 10.6. The van der Waals surface area contributed by atoms with Crippen molar-refractivity contribution < 1.29 is 4.79 Å². The number of ketones is 1. The summed E-state index contributed by atoms with van der Waals surface area (Å²) in [6.07, 6.45) is 5.35. The molecular weight excluding hydrogens is 160 g/mol. The Morgan fingerprint density at radius 1 is 1.73 bits per heavy atom. The van der Waals surface area contributed by atoms with E-state index in [1.807, 2.05) is 10.6 Å². The molecule has 56 valence electrons. The predicted octanol–water partition coefficient (Wildman–Crippen LogP) is 1.60. The first-order chi connectivity index (χ1) is 5.27. The molecule has 2 rings (SSSR count). The standard InChI is InChI=1S/C7H6N2OS/c1-5(10)6-4-9-3-2-8-7(9)11-6/h2-4H,1H3. The number of nitrogens with zero attached hydrogens (tertiary/aromatic N) is 2. The molecule has 3 nitrogen and oxygen atoms in total. The number of Topliss-reactive ketones (excluding diaryl/α,β-unsaturated/α-hetero) is 1. The monoisotopic (exact) mass is 166 g/mol. The molecule has 2 aromatic rings. The molecule has 11 heavy (non-hydrogen) atoms. The lowest BCUT2D eigenvalue weighted by Gasteiger charge is -1.80. The highest BCUT2D eigenvalue weighted by atomic mass is 32.1. The van der Waals surface area contributed by atoms with Gasteiger partial charge in [0.1, 0.15) is 0 Å². The molecule has 0 N–H and O–H groups in total. The maximum absolute atomic E-state index is 10.9. The van der Waals surface area contributed by atoms with Crippen LogP contribution in [0.5, 0.6) is 0 Å². The Balaban J connectivity index is 2.67. The van der Waals surface area contributed by atoms with Crippen molar-refractivity contribution in [3.05, 3.63) is 23.5 Å². The molecule has 4 heteroatoms. The maximum Gasteiger partial charge on any atom is 0.194 e. The molecule has 0 fully saturated rings. The van der Waals surface area contributed by atoms with E-state index >= 15 is 0 Å². The second-order valence-corrected chi connectivity index (χ2v) is 3.28. The van der Waals surface area contributed by atoms with Gasteiger partial charge < -0.3 is 0 Å². The van der Waals surface area contributed by atoms with Gasteiger partial charge in [-0.15, -0.1) is 0 Å². The average Bonchev–Trinajstić information content (AvgIpc) is 2.40. The van der Waals surface area contributed by atoms with Crippen LogP contribution in [0, 0.1) is 0 Å². The van der Waals surface area contributed by atoms with E-state index in [9.17, 15) is 4.79 Å². The molecule has 0 saturated heterocycles. The van der Waals surface area contributed by atoms with Crippen molar-refractivity contribution in [2.75, 3.05) is 0 Å². The third kappa shape index (κ3) is 0.952. The quantitative estimate of drug-likeness (QED) is 0.603. The van der Waals surface area contributed by atoms with Crippen molar-refractivity contribution in [2.45, 2.75) is 6.92 Å². The van der Waals surface area contributed by atoms with E-state index in [1.165, 1.54) is 11.3 Å². The van der Waals surface area contributed by atoms with Gasteiger partial charge in [0, 0.05) is 25.5 Å². The van der Waals surface area contributed by atoms with E-state index in [2.05, 4.69) is 4.98 Å². The zero-order chi connectivity index (χ0) is 7.84. The molecule has 0 atom stereocenters. The average molecular weight is 166 g/mol. The van der Waals surface area contributed by atoms with E-state index < -0.39 is 0 Å². The Bertz CT molecular complexity index is 373. The van der Waals surface area contributed by atoms with Crippen molar-refractivity contribution in [1.29, 1.82) is 0 Å². The van der Waals surface area contributed by atoms with Gasteiger partial charge in [-0.25, -0.2) is 4.98 Å². The van der Waals surface area contributed by atoms with Crippen molar-refractivity contribution in [1.82, 2.24) is 9.38 Å². The number of thiazole rings is 1. The first kappa shape index (κ1) is 6.54. The highest BCUT2D eigenvalue weighted by Gasteiger charge is 2.04. The van der Waals surface area contributed by atoms with Crippen LogP contribution in [0.4, 0.5) is 0 Å². The van der Waals surface area contributed by atoms with Gasteiger partial charge in [0.05, 0.1) is 4.88 Å². The molecule has 0 aromatic carbocycles. The Morgan fingerprint density at radius 2 is 2.55 bits per heavy atom. The van der Waals surface area contributed by atoms with Crippen molar-refractivity contribution in [2.24, 2.45) is 0 Å². The third-order valence-corrected chi connectivity index (χ3v) is 2.55. The summed E-state index contributed by atoms with van der Waals surface area (Å²) in [6.45, 7) is 1.56. The summed E-state index contributed by atoms with van der Waals surface area (Å²) in [7, 11) is 0. The van der Waals surface area contributed by atoms with Gasteiger partial charge in [0.15, 0.2) is 10.7 Å². The molecule has 2 aromatic heterocycles. The maximum atomic E-state index is 10.9. The van der Waals surface area contributed by atoms with Gasteiger partial charge in [0.2, 0.25) is 0 Å². The minimum atomic E-state index is 0.0977. The van der Waals surface area contributed by atoms with Crippen LogP contribution in [0.15, 0.2) is 18.6 Å². The fraction of sp³-hybridized carbons (Fsp3) is 0.143. The molecule has 0 saturated carbocycles. The molecule has 0 aliphatic rings. The molecule has 0 spiro atoms. The first-order valence-corrected chi connectivity index (χ1v) is 4.02. The first-order valence-electron chi connectivity index (χ1n) is 3.21. The van der Waals surface area contributed by atoms with Crippen LogP contribution in [0.2, 0.25) is 0 Å². The van der Waals surface area contributed by atoms with E-state index in [1.54, 1.807) is 19.3 Å². The Kier molecular flexibility index (Phi) is 1.29. The Labute approximate surface area is 67.3 Å². The molecule has 0 aliphatic carbocycles. The van der Waals surface area contributed by atoms with Crippen molar-refractivity contribution in [3.8, 4) is 0 Å². The van der Waals surface area contributed by atoms with Gasteiger partial charge in [-0.1, -0.05) is 11.3 Å². The van der Waals surface area contributed by atoms with Gasteiger partial charge in [0.25, 0.3) is 0 Å². The van der Waals surface area contributed by atoms with Crippen LogP contribution < -0.4 is 0 Å². The van der Waals surface area contributed by atoms with E-state index in [0.29, 0.717) is 0 Å². The SMILES string of the molecule is CC(=O)c1cn2ccnc2s1. The van der Waals surface area contributed by atoms with Crippen LogP contribution in [-0.4, -0.2) is 15.2 Å². The fourth-order valence-corrected chi connectivity index (χ4v) is 1.73. The van der Waals surface area contributed by atoms with Crippen LogP contribution in [0.3, 0.4) is 0 Å². The van der Waals surface area contributed by atoms with Gasteiger partial charge in [-0.2, -0.15) is 0 Å². The summed E-state index contributed by atoms with van der Waals surface area (Å²) >= 11 is 1.41. The molecule has 0 aliphatic heterocycles.